The highest BCUT2D eigenvalue weighted by Crippen LogP contribution is 2.47. The SMILES string of the molecule is C=P(C)(C)CC[C@H]1O[C@@H](n2c(SCCCC)nc3c(=O)[nH]c(C)nc32)[C@H](O)[C@@H]1O.C=P(C)(C)CC[C@H]1O[C@@H](n2c(SCCCCC)nc3c(=O)[nH]c(C)nc32)[C@H](O)[C@@H]1O.C=P(C)(C)CC[C@H]1O[C@@H](n2cnc3c(=O)[nH]c(N(C)C)nc32)[C@H](O)[C@@H]1O.C=P(C)(C)CC[C@H]1O[C@@H](n2cnc3c(=O)[nH]c(NC)nc32)[C@H](O)[C@@H]1O.C=P(C)(C)CC[C@H]1O[C@@H](n2cnc3c(=S)nc(C)[nH]c32)[C@H](O)[C@@H]1O. The number of hydrogen-bond acceptors (Lipinski definition) is 34. The first-order valence-electron chi connectivity index (χ1n) is 44.6. The minimum absolute atomic E-state index is 0.151. The van der Waals surface area contributed by atoms with Crippen LogP contribution in [0.3, 0.4) is 0 Å². The van der Waals surface area contributed by atoms with Crippen LogP contribution in [0.1, 0.15) is 127 Å². The number of unbranched alkanes of at least 4 members (excludes halogenated alkanes) is 3. The molecule has 10 aromatic rings. The zero-order valence-corrected chi connectivity index (χ0v) is 86.5. The predicted molar refractivity (Wildman–Crippen MR) is 546 cm³/mol. The topological polar surface area (TPSA) is 565 Å². The van der Waals surface area contributed by atoms with E-state index in [4.69, 9.17) is 35.9 Å². The third-order valence-corrected chi connectivity index (χ3v) is 32.9. The molecule has 5 aliphatic rings. The van der Waals surface area contributed by atoms with Gasteiger partial charge in [-0.1, -0.05) is 68.9 Å². The summed E-state index contributed by atoms with van der Waals surface area (Å²) < 4.78 is 38.4. The summed E-state index contributed by atoms with van der Waals surface area (Å²) in [4.78, 5) is 108. The molecule has 5 fully saturated rings. The highest BCUT2D eigenvalue weighted by atomic mass is 32.2. The number of aromatic amines is 5. The van der Waals surface area contributed by atoms with Gasteiger partial charge in [0.05, 0.1) is 49.5 Å². The predicted octanol–water partition coefficient (Wildman–Crippen LogP) is 5.77. The van der Waals surface area contributed by atoms with Crippen molar-refractivity contribution in [2.45, 2.75) is 232 Å². The number of imidazole rings is 5. The molecule has 0 bridgehead atoms. The molecule has 0 aromatic carbocycles. The number of nitrogens with one attached hydrogen (secondary N) is 6. The third-order valence-electron chi connectivity index (χ3n) is 23.2. The van der Waals surface area contributed by atoms with Crippen molar-refractivity contribution in [1.29, 1.82) is 0 Å². The van der Waals surface area contributed by atoms with Crippen molar-refractivity contribution in [2.75, 3.05) is 140 Å². The summed E-state index contributed by atoms with van der Waals surface area (Å²) in [6.45, 7) is 24.4. The van der Waals surface area contributed by atoms with E-state index in [-0.39, 0.29) is 55.9 Å². The molecule has 15 heterocycles. The summed E-state index contributed by atoms with van der Waals surface area (Å²) in [5.74, 6) is 3.90. The number of thioether (sulfide) groups is 2. The fraction of sp³-hybridized carbons (Fsp3) is 0.647. The fourth-order valence-electron chi connectivity index (χ4n) is 15.8. The summed E-state index contributed by atoms with van der Waals surface area (Å²) in [5, 5.41) is 109. The molecule has 0 aliphatic carbocycles. The fourth-order valence-corrected chi connectivity index (χ4v) is 22.9. The van der Waals surface area contributed by atoms with Crippen LogP contribution in [0, 0.1) is 25.4 Å². The number of hydrogen-bond donors (Lipinski definition) is 16. The maximum atomic E-state index is 12.4. The van der Waals surface area contributed by atoms with Gasteiger partial charge >= 0.3 is 0 Å². The molecule has 5 saturated heterocycles. The van der Waals surface area contributed by atoms with Gasteiger partial charge in [-0.2, -0.15) is 9.97 Å². The Morgan fingerprint density at radius 3 is 1.09 bits per heavy atom. The molecular formula is C85H137N22O19P5S3. The lowest BCUT2D eigenvalue weighted by molar-refractivity contribution is -0.0400. The standard InChI is InChI=1S/C20H33N4O4PS.C19H31N4O4PS.C16H26N5O4P.C15H24N5O4P.C15H23N4O3PS/c1-6-7-8-11-30-20-23-14-17(21-12(2)22-18(14)27)24(20)19-16(26)15(25)13(28-19)9-10-29(3,4)5;1-6-7-10-29-19-22-13-16(20-11(2)21-17(13)26)23(19)18-15(25)14(24)12(27-18)8-9-28(3,4)5;1-20(2)16-18-13-10(14(24)19-16)17-8-21(13)15-12(23)11(22)9(25-15)6-7-26(3,4)5;1-16-15-18-12-9(13(23)19-15)17-7-20(12)14-11(22)10(21)8(24-14)5-6-25(2,3)4;1-8-17-13-10(14(24)18-8)16-7-19(13)15-12(21)11(20)9(22-15)5-6-23(2,3)4/h13,15-16,19,25-26H,3,6-11H2,1-2,4-5H3,(H,21,22,27);12,14-15,18,24-25H,3,6-10H2,1-2,4-5H3,(H,20,21,26);8-9,11-12,15,22-23H,3,6-7H2,1-2,4-5H3,(H,18,19,24);7-8,10-11,14,21-22H,2,5-6H2,1,3-4H3,(H2,16,18,19,23);7,9,11-12,15,20-21H,2,5-6H2,1,3-4H3,(H,17,18,24)/t13-,15-,16-,19-;12-,14-,15-,18-;9-,11-,12-,15-;8-,10-,11-,14-;9-,11-,12-,15-/m11111/s1. The maximum absolute atomic E-state index is 12.4. The van der Waals surface area contributed by atoms with Crippen molar-refractivity contribution in [2.24, 2.45) is 0 Å². The van der Waals surface area contributed by atoms with Crippen molar-refractivity contribution >= 4 is 169 Å². The Morgan fingerprint density at radius 2 is 0.724 bits per heavy atom. The molecule has 0 amide bonds. The van der Waals surface area contributed by atoms with Crippen molar-refractivity contribution in [3.63, 3.8) is 0 Å². The van der Waals surface area contributed by atoms with Crippen molar-refractivity contribution < 1.29 is 74.7 Å². The molecule has 5 aliphatic heterocycles. The number of aliphatic hydroxyl groups excluding tert-OH is 10. The first-order valence-corrected chi connectivity index (χ1v) is 62.3. The van der Waals surface area contributed by atoms with Gasteiger partial charge in [0.15, 0.2) is 90.7 Å². The van der Waals surface area contributed by atoms with Gasteiger partial charge in [-0.05, 0) is 163 Å². The summed E-state index contributed by atoms with van der Waals surface area (Å²) in [5.41, 5.74) is 1.86. The normalized spacial score (nSPS) is 26.2. The minimum Gasteiger partial charge on any atom is -0.388 e. The van der Waals surface area contributed by atoms with Crippen LogP contribution in [-0.2, 0) is 23.7 Å². The average molecular weight is 2020 g/mol. The molecule has 0 saturated carbocycles. The lowest BCUT2D eigenvalue weighted by atomic mass is 10.1. The molecule has 10 aromatic heterocycles. The summed E-state index contributed by atoms with van der Waals surface area (Å²) in [6.07, 6.45) is 20.9. The van der Waals surface area contributed by atoms with Crippen LogP contribution < -0.4 is 32.5 Å². The van der Waals surface area contributed by atoms with Gasteiger partial charge < -0.3 is 99.9 Å². The van der Waals surface area contributed by atoms with Gasteiger partial charge in [0.25, 0.3) is 22.2 Å². The van der Waals surface area contributed by atoms with E-state index in [0.29, 0.717) is 98.6 Å². The number of fused-ring (bicyclic) bond motifs is 5. The third kappa shape index (κ3) is 26.3. The number of anilines is 2. The molecule has 16 N–H and O–H groups in total. The Morgan fingerprint density at radius 1 is 0.403 bits per heavy atom. The van der Waals surface area contributed by atoms with E-state index in [1.807, 2.05) is 0 Å². The van der Waals surface area contributed by atoms with E-state index in [1.165, 1.54) is 45.3 Å². The zero-order chi connectivity index (χ0) is 98.6. The van der Waals surface area contributed by atoms with Gasteiger partial charge in [0.1, 0.15) is 89.7 Å². The molecule has 134 heavy (non-hydrogen) atoms. The lowest BCUT2D eigenvalue weighted by Gasteiger charge is -2.20. The molecule has 49 heteroatoms. The molecule has 0 radical (unpaired) electrons. The molecule has 0 spiro atoms. The number of ether oxygens (including phenoxy) is 5. The Bertz CT molecular complexity index is 6320. The number of rotatable bonds is 31. The first kappa shape index (κ1) is 108. The van der Waals surface area contributed by atoms with Crippen LogP contribution in [-0.4, -0.2) is 402 Å². The van der Waals surface area contributed by atoms with Gasteiger partial charge in [-0.25, -0.2) is 39.9 Å². The summed E-state index contributed by atoms with van der Waals surface area (Å²) in [6, 6.07) is 0. The lowest BCUT2D eigenvalue weighted by Crippen LogP contribution is -2.32. The number of H-pyrrole nitrogens is 5. The Hall–Kier alpha value is -6.63. The number of aliphatic hydroxyl groups is 10. The molecule has 744 valence electrons. The summed E-state index contributed by atoms with van der Waals surface area (Å²) in [7, 11) is 5.15. The van der Waals surface area contributed by atoms with E-state index in [2.05, 4.69) is 192 Å². The second-order valence-electron chi connectivity index (χ2n) is 38.5. The van der Waals surface area contributed by atoms with Gasteiger partial charge in [0.2, 0.25) is 11.9 Å². The van der Waals surface area contributed by atoms with E-state index in [1.54, 1.807) is 66.8 Å². The average Bonchev–Trinajstić information content (AvgIpc) is 1.58. The van der Waals surface area contributed by atoms with E-state index in [9.17, 15) is 70.2 Å². The smallest absolute Gasteiger partial charge is 0.280 e. The van der Waals surface area contributed by atoms with Gasteiger partial charge in [-0.3, -0.25) is 52.0 Å². The van der Waals surface area contributed by atoms with Crippen molar-refractivity contribution in [1.82, 2.24) is 97.6 Å². The van der Waals surface area contributed by atoms with Gasteiger partial charge in [0, 0.05) is 32.6 Å². The van der Waals surface area contributed by atoms with Crippen LogP contribution in [0.15, 0.2) is 48.5 Å². The van der Waals surface area contributed by atoms with E-state index >= 15 is 0 Å². The molecule has 15 rings (SSSR count). The van der Waals surface area contributed by atoms with Crippen LogP contribution in [0.25, 0.3) is 55.8 Å². The highest BCUT2D eigenvalue weighted by Gasteiger charge is 2.50. The van der Waals surface area contributed by atoms with Crippen LogP contribution in [0.4, 0.5) is 11.9 Å². The monoisotopic (exact) mass is 2020 g/mol. The Labute approximate surface area is 791 Å². The second-order valence-corrected chi connectivity index (χ2v) is 62.6. The van der Waals surface area contributed by atoms with E-state index < -0.39 is 157 Å². The van der Waals surface area contributed by atoms with Crippen molar-refractivity contribution in [3.05, 3.63) is 82.5 Å². The largest absolute Gasteiger partial charge is 0.388 e. The zero-order valence-electron chi connectivity index (χ0n) is 79.6. The second kappa shape index (κ2) is 44.9. The molecule has 0 unspecified atom stereocenters. The quantitative estimate of drug-likeness (QED) is 0.0106. The minimum atomic E-state index is -1.28. The highest BCUT2D eigenvalue weighted by molar-refractivity contribution is 7.99. The molecular weight excluding hydrogens is 1880 g/mol. The van der Waals surface area contributed by atoms with Crippen LogP contribution in [0.5, 0.6) is 0 Å². The maximum Gasteiger partial charge on any atom is 0.280 e. The number of aryl methyl sites for hydroxylation is 3. The summed E-state index contributed by atoms with van der Waals surface area (Å²) >= 11 is 8.25. The van der Waals surface area contributed by atoms with Crippen LogP contribution in [0.2, 0.25) is 0 Å². The number of aromatic nitrogens is 20. The number of nitrogens with zero attached hydrogens (tertiary/aromatic N) is 16. The van der Waals surface area contributed by atoms with Crippen LogP contribution >= 0.6 is 70.2 Å². The molecule has 20 atom stereocenters. The Kier molecular flexibility index (Phi) is 36.1. The molecule has 41 nitrogen and oxygen atoms in total. The van der Waals surface area contributed by atoms with Gasteiger partial charge in [-0.15, -0.1) is 65.9 Å². The first-order chi connectivity index (χ1) is 62.7. The Balaban J connectivity index is 0.000000162. The van der Waals surface area contributed by atoms with Crippen molar-refractivity contribution in [3.8, 4) is 0 Å². The van der Waals surface area contributed by atoms with E-state index in [0.717, 1.165) is 74.4 Å².